The van der Waals surface area contributed by atoms with Crippen LogP contribution in [0.5, 0.6) is 0 Å². The van der Waals surface area contributed by atoms with Crippen molar-refractivity contribution in [2.24, 2.45) is 0 Å². The van der Waals surface area contributed by atoms with Gasteiger partial charge in [-0.2, -0.15) is 5.10 Å². The number of morpholine rings is 1. The maximum Gasteiger partial charge on any atom is 0.213 e. The van der Waals surface area contributed by atoms with Crippen LogP contribution in [0.15, 0.2) is 0 Å². The topological polar surface area (TPSA) is 80.6 Å². The molecule has 1 atom stereocenters. The fourth-order valence-corrected chi connectivity index (χ4v) is 3.53. The van der Waals surface area contributed by atoms with E-state index in [0.29, 0.717) is 19.6 Å². The Morgan fingerprint density at radius 2 is 2.09 bits per heavy atom. The maximum absolute atomic E-state index is 11.8. The minimum absolute atomic E-state index is 0.0639. The summed E-state index contributed by atoms with van der Waals surface area (Å²) in [5, 5.41) is 4.37. The summed E-state index contributed by atoms with van der Waals surface area (Å²) in [5.41, 5.74) is 0. The molecule has 0 saturated carbocycles. The fraction of sp³-hybridized carbons (Fsp3) is 0.857. The lowest BCUT2D eigenvalue weighted by atomic mass is 10.2. The number of sulfonamides is 1. The molecule has 1 unspecified atom stereocenters. The minimum Gasteiger partial charge on any atom is -0.374 e. The molecule has 0 N–H and O–H groups in total. The molecule has 0 spiro atoms. The molecule has 0 bridgehead atoms. The summed E-state index contributed by atoms with van der Waals surface area (Å²) in [6, 6.07) is 0. The van der Waals surface area contributed by atoms with Gasteiger partial charge in [-0.15, -0.1) is 0 Å². The second kappa shape index (κ2) is 7.69. The van der Waals surface area contributed by atoms with E-state index in [4.69, 9.17) is 4.74 Å². The van der Waals surface area contributed by atoms with Crippen molar-refractivity contribution in [1.29, 1.82) is 0 Å². The molecule has 1 aliphatic heterocycles. The molecule has 23 heavy (non-hydrogen) atoms. The van der Waals surface area contributed by atoms with E-state index in [2.05, 4.69) is 15.0 Å². The van der Waals surface area contributed by atoms with Crippen molar-refractivity contribution in [1.82, 2.24) is 24.0 Å². The number of aryl methyl sites for hydroxylation is 2. The van der Waals surface area contributed by atoms with E-state index < -0.39 is 10.0 Å². The first-order valence-corrected chi connectivity index (χ1v) is 9.51. The van der Waals surface area contributed by atoms with Crippen LogP contribution in [-0.2, 0) is 21.3 Å². The third-order valence-electron chi connectivity index (χ3n) is 4.00. The summed E-state index contributed by atoms with van der Waals surface area (Å²) < 4.78 is 32.5. The zero-order valence-electron chi connectivity index (χ0n) is 14.4. The van der Waals surface area contributed by atoms with E-state index in [9.17, 15) is 8.42 Å². The van der Waals surface area contributed by atoms with Crippen LogP contribution in [0, 0.1) is 13.8 Å². The Morgan fingerprint density at radius 3 is 2.70 bits per heavy atom. The zero-order chi connectivity index (χ0) is 17.0. The monoisotopic (exact) mass is 345 g/mol. The van der Waals surface area contributed by atoms with Gasteiger partial charge in [-0.3, -0.25) is 4.90 Å². The molecule has 0 radical (unpaired) electrons. The van der Waals surface area contributed by atoms with Gasteiger partial charge in [0.1, 0.15) is 11.6 Å². The first-order chi connectivity index (χ1) is 10.8. The molecule has 1 saturated heterocycles. The number of hydrogen-bond donors (Lipinski definition) is 0. The van der Waals surface area contributed by atoms with Crippen molar-refractivity contribution >= 4 is 10.0 Å². The Hall–Kier alpha value is -1.03. The summed E-state index contributed by atoms with van der Waals surface area (Å²) in [6.45, 7) is 7.56. The van der Waals surface area contributed by atoms with E-state index in [0.717, 1.165) is 31.3 Å². The normalized spacial score (nSPS) is 20.3. The van der Waals surface area contributed by atoms with Gasteiger partial charge < -0.3 is 4.74 Å². The number of aromatic nitrogens is 3. The fourth-order valence-electron chi connectivity index (χ4n) is 2.67. The highest BCUT2D eigenvalue weighted by atomic mass is 32.2. The predicted octanol–water partition coefficient (Wildman–Crippen LogP) is -0.123. The van der Waals surface area contributed by atoms with Crippen molar-refractivity contribution in [3.05, 3.63) is 11.6 Å². The molecule has 132 valence electrons. The lowest BCUT2D eigenvalue weighted by molar-refractivity contribution is -0.0376. The number of rotatable bonds is 7. The summed E-state index contributed by atoms with van der Waals surface area (Å²) in [6.07, 6.45) is 0.698. The molecular weight excluding hydrogens is 318 g/mol. The van der Waals surface area contributed by atoms with Gasteiger partial charge in [0.2, 0.25) is 10.0 Å². The lowest BCUT2D eigenvalue weighted by Crippen LogP contribution is -2.45. The third kappa shape index (κ3) is 5.23. The predicted molar refractivity (Wildman–Crippen MR) is 87.8 cm³/mol. The van der Waals surface area contributed by atoms with Crippen LogP contribution in [0.3, 0.4) is 0 Å². The minimum atomic E-state index is -3.11. The van der Waals surface area contributed by atoms with Gasteiger partial charge in [-0.1, -0.05) is 0 Å². The molecule has 2 rings (SSSR count). The van der Waals surface area contributed by atoms with Crippen molar-refractivity contribution in [2.45, 2.75) is 32.9 Å². The Bertz CT molecular complexity index is 614. The summed E-state index contributed by atoms with van der Waals surface area (Å²) in [4.78, 5) is 6.56. The molecule has 9 heteroatoms. The number of hydrogen-bond acceptors (Lipinski definition) is 6. The molecule has 1 aromatic heterocycles. The largest absolute Gasteiger partial charge is 0.374 e. The van der Waals surface area contributed by atoms with Gasteiger partial charge in [0.25, 0.3) is 0 Å². The van der Waals surface area contributed by atoms with Gasteiger partial charge in [-0.25, -0.2) is 22.4 Å². The molecule has 1 fully saturated rings. The highest BCUT2D eigenvalue weighted by molar-refractivity contribution is 7.89. The molecule has 8 nitrogen and oxygen atoms in total. The van der Waals surface area contributed by atoms with E-state index in [1.165, 1.54) is 4.31 Å². The molecular formula is C14H27N5O3S. The van der Waals surface area contributed by atoms with Crippen molar-refractivity contribution < 1.29 is 13.2 Å². The molecule has 2 heterocycles. The summed E-state index contributed by atoms with van der Waals surface area (Å²) >= 11 is 0. The van der Waals surface area contributed by atoms with Gasteiger partial charge in [-0.05, 0) is 26.8 Å². The molecule has 1 aliphatic rings. The van der Waals surface area contributed by atoms with E-state index in [1.807, 2.05) is 18.5 Å². The first kappa shape index (κ1) is 18.3. The Morgan fingerprint density at radius 1 is 1.35 bits per heavy atom. The van der Waals surface area contributed by atoms with Crippen LogP contribution >= 0.6 is 0 Å². The van der Waals surface area contributed by atoms with E-state index in [1.54, 1.807) is 14.1 Å². The Labute approximate surface area is 138 Å². The molecule has 0 aliphatic carbocycles. The summed E-state index contributed by atoms with van der Waals surface area (Å²) in [7, 11) is 0.0330. The summed E-state index contributed by atoms with van der Waals surface area (Å²) in [5.74, 6) is 1.84. The van der Waals surface area contributed by atoms with Crippen LogP contribution in [0.1, 0.15) is 18.1 Å². The second-order valence-electron chi connectivity index (χ2n) is 6.13. The molecule has 1 aromatic rings. The quantitative estimate of drug-likeness (QED) is 0.685. The van der Waals surface area contributed by atoms with Gasteiger partial charge in [0, 0.05) is 27.2 Å². The highest BCUT2D eigenvalue weighted by Crippen LogP contribution is 2.10. The van der Waals surface area contributed by atoms with E-state index in [-0.39, 0.29) is 11.9 Å². The first-order valence-electron chi connectivity index (χ1n) is 7.90. The van der Waals surface area contributed by atoms with E-state index >= 15 is 0 Å². The standard InChI is InChI=1S/C14H27N5O3S/c1-12-15-13(2)19(16-12)11-14-10-18(7-8-22-14)6-5-9-23(20,21)17(3)4/h14H,5-11H2,1-4H3. The average Bonchev–Trinajstić information content (AvgIpc) is 2.77. The number of nitrogens with zero attached hydrogens (tertiary/aromatic N) is 5. The van der Waals surface area contributed by atoms with Crippen LogP contribution in [0.25, 0.3) is 0 Å². The van der Waals surface area contributed by atoms with Crippen LogP contribution < -0.4 is 0 Å². The Balaban J connectivity index is 1.80. The van der Waals surface area contributed by atoms with Gasteiger partial charge in [0.05, 0.1) is 25.0 Å². The average molecular weight is 345 g/mol. The zero-order valence-corrected chi connectivity index (χ0v) is 15.2. The van der Waals surface area contributed by atoms with Crippen LogP contribution in [0.2, 0.25) is 0 Å². The van der Waals surface area contributed by atoms with Crippen molar-refractivity contribution in [2.75, 3.05) is 46.1 Å². The third-order valence-corrected chi connectivity index (χ3v) is 5.91. The van der Waals surface area contributed by atoms with Crippen molar-refractivity contribution in [3.63, 3.8) is 0 Å². The Kier molecular flexibility index (Phi) is 6.12. The maximum atomic E-state index is 11.8. The van der Waals surface area contributed by atoms with Crippen LogP contribution in [0.4, 0.5) is 0 Å². The lowest BCUT2D eigenvalue weighted by Gasteiger charge is -2.33. The second-order valence-corrected chi connectivity index (χ2v) is 8.44. The highest BCUT2D eigenvalue weighted by Gasteiger charge is 2.22. The molecule has 0 amide bonds. The van der Waals surface area contributed by atoms with Gasteiger partial charge in [0.15, 0.2) is 0 Å². The number of ether oxygens (including phenoxy) is 1. The smallest absolute Gasteiger partial charge is 0.213 e. The van der Waals surface area contributed by atoms with Crippen LogP contribution in [-0.4, -0.2) is 84.6 Å². The van der Waals surface area contributed by atoms with Crippen molar-refractivity contribution in [3.8, 4) is 0 Å². The SMILES string of the molecule is Cc1nc(C)n(CC2CN(CCCS(=O)(=O)N(C)C)CCO2)n1. The molecule has 0 aromatic carbocycles. The van der Waals surface area contributed by atoms with Gasteiger partial charge >= 0.3 is 0 Å².